The highest BCUT2D eigenvalue weighted by Gasteiger charge is 2.67. The molecule has 2 aromatic carbocycles. The predicted octanol–water partition coefficient (Wildman–Crippen LogP) is 4.49. The van der Waals surface area contributed by atoms with Crippen LogP contribution in [-0.4, -0.2) is 11.8 Å². The third kappa shape index (κ3) is 2.22. The second-order valence-corrected chi connectivity index (χ2v) is 8.04. The molecular formula is C23H21NO3. The van der Waals surface area contributed by atoms with E-state index in [-0.39, 0.29) is 29.6 Å². The molecule has 1 saturated carbocycles. The Morgan fingerprint density at radius 3 is 2.22 bits per heavy atom. The molecule has 3 aliphatic rings. The minimum atomic E-state index is -0.590. The van der Waals surface area contributed by atoms with Gasteiger partial charge in [-0.2, -0.15) is 0 Å². The quantitative estimate of drug-likeness (QED) is 0.599. The molecule has 0 aromatic heterocycles. The van der Waals surface area contributed by atoms with Crippen molar-refractivity contribution in [2.75, 3.05) is 4.90 Å². The van der Waals surface area contributed by atoms with Gasteiger partial charge in [0.05, 0.1) is 17.0 Å². The third-order valence-electron chi connectivity index (χ3n) is 6.46. The van der Waals surface area contributed by atoms with Crippen LogP contribution in [0.3, 0.4) is 0 Å². The van der Waals surface area contributed by atoms with Gasteiger partial charge in [0.15, 0.2) is 0 Å². The van der Waals surface area contributed by atoms with Crippen LogP contribution < -0.4 is 9.64 Å². The molecule has 1 heterocycles. The molecule has 27 heavy (non-hydrogen) atoms. The molecule has 136 valence electrons. The van der Waals surface area contributed by atoms with E-state index >= 15 is 0 Å². The second-order valence-electron chi connectivity index (χ2n) is 8.04. The topological polar surface area (TPSA) is 46.6 Å². The fraction of sp³-hybridized carbons (Fsp3) is 0.304. The van der Waals surface area contributed by atoms with Crippen LogP contribution >= 0.6 is 0 Å². The molecule has 0 radical (unpaired) electrons. The van der Waals surface area contributed by atoms with Crippen molar-refractivity contribution in [2.24, 2.45) is 23.2 Å². The Morgan fingerprint density at radius 2 is 1.59 bits per heavy atom. The third-order valence-corrected chi connectivity index (χ3v) is 6.46. The monoisotopic (exact) mass is 359 g/mol. The molecule has 0 spiro atoms. The van der Waals surface area contributed by atoms with Gasteiger partial charge >= 0.3 is 0 Å². The molecule has 4 heteroatoms. The van der Waals surface area contributed by atoms with Gasteiger partial charge in [0.2, 0.25) is 11.8 Å². The van der Waals surface area contributed by atoms with E-state index in [0.29, 0.717) is 11.4 Å². The van der Waals surface area contributed by atoms with Crippen LogP contribution in [0.4, 0.5) is 5.69 Å². The maximum absolute atomic E-state index is 13.2. The number of imide groups is 1. The molecule has 2 aromatic rings. The number of hydrogen-bond acceptors (Lipinski definition) is 3. The largest absolute Gasteiger partial charge is 0.457 e. The van der Waals surface area contributed by atoms with Crippen molar-refractivity contribution in [1.29, 1.82) is 0 Å². The van der Waals surface area contributed by atoms with Crippen LogP contribution in [0.1, 0.15) is 18.9 Å². The summed E-state index contributed by atoms with van der Waals surface area (Å²) in [6.07, 6.45) is 5.16. The molecule has 0 unspecified atom stereocenters. The maximum atomic E-state index is 13.2. The van der Waals surface area contributed by atoms with Crippen LogP contribution in [-0.2, 0) is 9.59 Å². The standard InChI is InChI=1S/C23H21NO3/c1-14-3-9-18(10-4-14)27-19-11-7-17(8-12-19)24-21(25)20-15-5-6-16(13-15)23(20,2)22(24)26/h3-12,15-16,20H,13H2,1-2H3/t15-,16-,20-,23+/m0/s1. The maximum Gasteiger partial charge on any atom is 0.241 e. The highest BCUT2D eigenvalue weighted by Crippen LogP contribution is 2.60. The minimum Gasteiger partial charge on any atom is -0.457 e. The van der Waals surface area contributed by atoms with E-state index in [4.69, 9.17) is 4.74 Å². The second kappa shape index (κ2) is 5.56. The van der Waals surface area contributed by atoms with Gasteiger partial charge in [-0.15, -0.1) is 0 Å². The van der Waals surface area contributed by atoms with Crippen LogP contribution in [0.2, 0.25) is 0 Å². The number of hydrogen-bond donors (Lipinski definition) is 0. The van der Waals surface area contributed by atoms with Gasteiger partial charge in [-0.25, -0.2) is 4.90 Å². The number of nitrogens with zero attached hydrogens (tertiary/aromatic N) is 1. The van der Waals surface area contributed by atoms with Crippen molar-refractivity contribution in [2.45, 2.75) is 20.3 Å². The van der Waals surface area contributed by atoms with E-state index in [1.165, 1.54) is 10.5 Å². The molecular weight excluding hydrogens is 338 g/mol. The number of carbonyl (C=O) groups excluding carboxylic acids is 2. The summed E-state index contributed by atoms with van der Waals surface area (Å²) in [6.45, 7) is 3.99. The summed E-state index contributed by atoms with van der Waals surface area (Å²) in [6, 6.07) is 15.0. The number of benzene rings is 2. The summed E-state index contributed by atoms with van der Waals surface area (Å²) in [5, 5.41) is 0. The molecule has 2 bridgehead atoms. The smallest absolute Gasteiger partial charge is 0.241 e. The lowest BCUT2D eigenvalue weighted by atomic mass is 9.71. The van der Waals surface area contributed by atoms with E-state index in [1.54, 1.807) is 24.3 Å². The first-order valence-electron chi connectivity index (χ1n) is 9.40. The van der Waals surface area contributed by atoms with E-state index in [1.807, 2.05) is 38.1 Å². The van der Waals surface area contributed by atoms with Crippen molar-refractivity contribution in [3.63, 3.8) is 0 Å². The Balaban J connectivity index is 1.40. The highest BCUT2D eigenvalue weighted by molar-refractivity contribution is 6.24. The first kappa shape index (κ1) is 16.3. The zero-order valence-corrected chi connectivity index (χ0v) is 15.4. The van der Waals surface area contributed by atoms with Gasteiger partial charge in [-0.05, 0) is 68.5 Å². The molecule has 2 amide bonds. The Morgan fingerprint density at radius 1 is 0.963 bits per heavy atom. The van der Waals surface area contributed by atoms with E-state index in [2.05, 4.69) is 12.2 Å². The van der Waals surface area contributed by atoms with Gasteiger partial charge in [0.1, 0.15) is 11.5 Å². The van der Waals surface area contributed by atoms with E-state index in [9.17, 15) is 9.59 Å². The first-order valence-corrected chi connectivity index (χ1v) is 9.40. The lowest BCUT2D eigenvalue weighted by molar-refractivity contribution is -0.127. The zero-order chi connectivity index (χ0) is 18.8. The number of aryl methyl sites for hydroxylation is 1. The summed E-state index contributed by atoms with van der Waals surface area (Å²) in [4.78, 5) is 27.6. The molecule has 5 rings (SSSR count). The number of carbonyl (C=O) groups is 2. The van der Waals surface area contributed by atoms with Crippen molar-refractivity contribution in [1.82, 2.24) is 0 Å². The number of rotatable bonds is 3. The van der Waals surface area contributed by atoms with Crippen LogP contribution in [0.15, 0.2) is 60.7 Å². The lowest BCUT2D eigenvalue weighted by Crippen LogP contribution is -2.37. The summed E-state index contributed by atoms with van der Waals surface area (Å²) in [5.41, 5.74) is 1.20. The Kier molecular flexibility index (Phi) is 3.36. The average molecular weight is 359 g/mol. The SMILES string of the molecule is Cc1ccc(Oc2ccc(N3C(=O)[C@@H]4[C@H]5C=C[C@@H](C5)[C@@]4(C)C3=O)cc2)cc1. The predicted molar refractivity (Wildman–Crippen MR) is 103 cm³/mol. The van der Waals surface area contributed by atoms with E-state index in [0.717, 1.165) is 12.2 Å². The fourth-order valence-electron chi connectivity index (χ4n) is 4.96. The van der Waals surface area contributed by atoms with Gasteiger partial charge < -0.3 is 4.74 Å². The Labute approximate surface area is 158 Å². The summed E-state index contributed by atoms with van der Waals surface area (Å²) < 4.78 is 5.84. The zero-order valence-electron chi connectivity index (χ0n) is 15.4. The van der Waals surface area contributed by atoms with Crippen molar-refractivity contribution in [3.05, 3.63) is 66.2 Å². The molecule has 4 nitrogen and oxygen atoms in total. The lowest BCUT2D eigenvalue weighted by Gasteiger charge is -2.28. The summed E-state index contributed by atoms with van der Waals surface area (Å²) >= 11 is 0. The molecule has 1 aliphatic heterocycles. The number of allylic oxidation sites excluding steroid dienone is 2. The summed E-state index contributed by atoms with van der Waals surface area (Å²) in [7, 11) is 0. The van der Waals surface area contributed by atoms with Crippen LogP contribution in [0.5, 0.6) is 11.5 Å². The first-order chi connectivity index (χ1) is 13.0. The molecule has 2 aliphatic carbocycles. The van der Waals surface area contributed by atoms with Crippen LogP contribution in [0, 0.1) is 30.1 Å². The van der Waals surface area contributed by atoms with Crippen molar-refractivity contribution in [3.8, 4) is 11.5 Å². The average Bonchev–Trinajstić information content (AvgIpc) is 3.30. The van der Waals surface area contributed by atoms with Gasteiger partial charge in [-0.1, -0.05) is 29.8 Å². The molecule has 2 fully saturated rings. The molecule has 0 N–H and O–H groups in total. The van der Waals surface area contributed by atoms with Gasteiger partial charge in [0, 0.05) is 0 Å². The van der Waals surface area contributed by atoms with Gasteiger partial charge in [0.25, 0.3) is 0 Å². The van der Waals surface area contributed by atoms with Crippen LogP contribution in [0.25, 0.3) is 0 Å². The van der Waals surface area contributed by atoms with E-state index < -0.39 is 5.41 Å². The molecule has 4 atom stereocenters. The normalized spacial score (nSPS) is 30.9. The van der Waals surface area contributed by atoms with Crippen molar-refractivity contribution >= 4 is 17.5 Å². The fourth-order valence-corrected chi connectivity index (χ4v) is 4.96. The number of ether oxygens (including phenoxy) is 1. The Bertz CT molecular complexity index is 960. The van der Waals surface area contributed by atoms with Gasteiger partial charge in [-0.3, -0.25) is 9.59 Å². The minimum absolute atomic E-state index is 0.0634. The number of fused-ring (bicyclic) bond motifs is 5. The van der Waals surface area contributed by atoms with Crippen molar-refractivity contribution < 1.29 is 14.3 Å². The molecule has 1 saturated heterocycles. The highest BCUT2D eigenvalue weighted by atomic mass is 16.5. The number of amides is 2. The summed E-state index contributed by atoms with van der Waals surface area (Å²) in [5.74, 6) is 1.46. The number of anilines is 1. The Hall–Kier alpha value is -2.88.